The Labute approximate surface area is 187 Å². The van der Waals surface area contributed by atoms with E-state index >= 15 is 0 Å². The van der Waals surface area contributed by atoms with Crippen LogP contribution in [0, 0.1) is 11.3 Å². The Morgan fingerprint density at radius 2 is 1.66 bits per heavy atom. The van der Waals surface area contributed by atoms with Crippen molar-refractivity contribution in [3.63, 3.8) is 0 Å². The number of carbonyl (C=O) groups is 3. The van der Waals surface area contributed by atoms with Crippen LogP contribution in [0.5, 0.6) is 0 Å². The van der Waals surface area contributed by atoms with Gasteiger partial charge < -0.3 is 20.1 Å². The number of rotatable bonds is 6. The molecule has 2 aromatic carbocycles. The lowest BCUT2D eigenvalue weighted by molar-refractivity contribution is -0.144. The predicted molar refractivity (Wildman–Crippen MR) is 119 cm³/mol. The van der Waals surface area contributed by atoms with Crippen LogP contribution in [0.4, 0.5) is 4.79 Å². The zero-order valence-electron chi connectivity index (χ0n) is 18.3. The molecule has 0 spiro atoms. The summed E-state index contributed by atoms with van der Waals surface area (Å²) >= 11 is 0. The van der Waals surface area contributed by atoms with Gasteiger partial charge in [-0.25, -0.2) is 4.79 Å². The molecule has 2 amide bonds. The fourth-order valence-electron chi connectivity index (χ4n) is 4.82. The van der Waals surface area contributed by atoms with Crippen molar-refractivity contribution in [2.75, 3.05) is 26.2 Å². The van der Waals surface area contributed by atoms with Gasteiger partial charge in [-0.15, -0.1) is 0 Å². The van der Waals surface area contributed by atoms with Crippen molar-refractivity contribution in [2.24, 2.45) is 11.3 Å². The van der Waals surface area contributed by atoms with E-state index in [0.29, 0.717) is 6.54 Å². The number of hydrogen-bond donors (Lipinski definition) is 2. The van der Waals surface area contributed by atoms with Crippen molar-refractivity contribution in [1.29, 1.82) is 0 Å². The van der Waals surface area contributed by atoms with Crippen LogP contribution in [0.25, 0.3) is 11.1 Å². The first-order valence-electron chi connectivity index (χ1n) is 10.9. The normalized spacial score (nSPS) is 18.7. The predicted octanol–water partition coefficient (Wildman–Crippen LogP) is 3.48. The Kier molecular flexibility index (Phi) is 5.91. The molecule has 2 aromatic rings. The Balaban J connectivity index is 1.27. The maximum atomic E-state index is 12.5. The van der Waals surface area contributed by atoms with Crippen LogP contribution in [-0.4, -0.2) is 54.2 Å². The number of nitrogens with one attached hydrogen (secondary N) is 1. The quantitative estimate of drug-likeness (QED) is 0.723. The average Bonchev–Trinajstić information content (AvgIpc) is 3.26. The third-order valence-electron chi connectivity index (χ3n) is 6.55. The van der Waals surface area contributed by atoms with Crippen LogP contribution in [0.1, 0.15) is 37.3 Å². The number of benzene rings is 2. The highest BCUT2D eigenvalue weighted by Crippen LogP contribution is 2.44. The average molecular weight is 437 g/mol. The summed E-state index contributed by atoms with van der Waals surface area (Å²) in [6.45, 7) is 4.67. The van der Waals surface area contributed by atoms with Gasteiger partial charge in [0.2, 0.25) is 5.91 Å². The van der Waals surface area contributed by atoms with Crippen LogP contribution in [0.3, 0.4) is 0 Å². The summed E-state index contributed by atoms with van der Waals surface area (Å²) in [4.78, 5) is 37.7. The summed E-state index contributed by atoms with van der Waals surface area (Å²) in [5, 5.41) is 12.0. The molecule has 1 saturated heterocycles. The summed E-state index contributed by atoms with van der Waals surface area (Å²) in [6, 6.07) is 16.2. The first kappa shape index (κ1) is 21.9. The van der Waals surface area contributed by atoms with E-state index < -0.39 is 23.4 Å². The third kappa shape index (κ3) is 4.20. The van der Waals surface area contributed by atoms with Gasteiger partial charge in [0.25, 0.3) is 0 Å². The molecule has 1 atom stereocenters. The Hall–Kier alpha value is -3.35. The topological polar surface area (TPSA) is 95.9 Å². The van der Waals surface area contributed by atoms with Gasteiger partial charge in [-0.3, -0.25) is 9.59 Å². The van der Waals surface area contributed by atoms with Gasteiger partial charge in [-0.05, 0) is 27.7 Å². The van der Waals surface area contributed by atoms with Gasteiger partial charge in [0.05, 0.1) is 5.92 Å². The van der Waals surface area contributed by atoms with Crippen LogP contribution in [-0.2, 0) is 14.3 Å². The molecule has 1 unspecified atom stereocenters. The number of carbonyl (C=O) groups excluding carboxylic acids is 2. The molecule has 1 heterocycles. The molecule has 0 bridgehead atoms. The van der Waals surface area contributed by atoms with E-state index in [4.69, 9.17) is 4.74 Å². The molecule has 2 N–H and O–H groups in total. The van der Waals surface area contributed by atoms with E-state index in [1.54, 1.807) is 4.90 Å². The Morgan fingerprint density at radius 3 is 2.22 bits per heavy atom. The number of ether oxygens (including phenoxy) is 1. The smallest absolute Gasteiger partial charge is 0.407 e. The van der Waals surface area contributed by atoms with E-state index in [2.05, 4.69) is 29.6 Å². The highest BCUT2D eigenvalue weighted by Gasteiger charge is 2.45. The fraction of sp³-hybridized carbons (Fsp3) is 0.400. The van der Waals surface area contributed by atoms with Crippen molar-refractivity contribution >= 4 is 18.0 Å². The lowest BCUT2D eigenvalue weighted by Crippen LogP contribution is -2.34. The summed E-state index contributed by atoms with van der Waals surface area (Å²) in [6.07, 6.45) is -0.461. The minimum absolute atomic E-state index is 0.0189. The second-order valence-electron chi connectivity index (χ2n) is 9.16. The molecule has 2 aliphatic rings. The second kappa shape index (κ2) is 8.65. The van der Waals surface area contributed by atoms with E-state index in [-0.39, 0.29) is 37.9 Å². The van der Waals surface area contributed by atoms with Crippen molar-refractivity contribution in [3.8, 4) is 11.1 Å². The molecule has 0 saturated carbocycles. The van der Waals surface area contributed by atoms with E-state index in [1.165, 1.54) is 0 Å². The maximum absolute atomic E-state index is 12.5. The number of amides is 2. The van der Waals surface area contributed by atoms with Gasteiger partial charge in [0.15, 0.2) is 0 Å². The number of nitrogens with zero attached hydrogens (tertiary/aromatic N) is 1. The highest BCUT2D eigenvalue weighted by atomic mass is 16.5. The van der Waals surface area contributed by atoms with Gasteiger partial charge in [-0.1, -0.05) is 62.4 Å². The summed E-state index contributed by atoms with van der Waals surface area (Å²) in [7, 11) is 0. The van der Waals surface area contributed by atoms with E-state index in [1.807, 2.05) is 38.1 Å². The summed E-state index contributed by atoms with van der Waals surface area (Å²) < 4.78 is 5.48. The molecular formula is C25H28N2O5. The molecule has 168 valence electrons. The minimum atomic E-state index is -0.887. The number of carboxylic acids is 1. The first-order chi connectivity index (χ1) is 15.3. The lowest BCUT2D eigenvalue weighted by Gasteiger charge is -2.22. The van der Waals surface area contributed by atoms with E-state index in [0.717, 1.165) is 22.3 Å². The van der Waals surface area contributed by atoms with Crippen molar-refractivity contribution in [1.82, 2.24) is 10.2 Å². The van der Waals surface area contributed by atoms with E-state index in [9.17, 15) is 19.5 Å². The maximum Gasteiger partial charge on any atom is 0.407 e. The standard InChI is InChI=1S/C25H28N2O5/c1-25(2)15-27(13-21(25)23(29)30)22(28)11-12-26-24(31)32-14-20-18-9-5-3-7-16(18)17-8-4-6-10-19(17)20/h3-10,20-21H,11-15H2,1-2H3,(H,26,31)(H,29,30). The summed E-state index contributed by atoms with van der Waals surface area (Å²) in [5.74, 6) is -1.65. The molecule has 1 fully saturated rings. The Morgan fingerprint density at radius 1 is 1.06 bits per heavy atom. The third-order valence-corrected chi connectivity index (χ3v) is 6.55. The zero-order valence-corrected chi connectivity index (χ0v) is 18.3. The second-order valence-corrected chi connectivity index (χ2v) is 9.16. The monoisotopic (exact) mass is 436 g/mol. The highest BCUT2D eigenvalue weighted by molar-refractivity contribution is 5.80. The number of fused-ring (bicyclic) bond motifs is 3. The number of carboxylic acid groups (broad SMARTS) is 1. The molecule has 4 rings (SSSR count). The van der Waals surface area contributed by atoms with Crippen LogP contribution in [0.15, 0.2) is 48.5 Å². The van der Waals surface area contributed by atoms with Crippen LogP contribution >= 0.6 is 0 Å². The molecule has 32 heavy (non-hydrogen) atoms. The lowest BCUT2D eigenvalue weighted by atomic mass is 9.82. The largest absolute Gasteiger partial charge is 0.481 e. The molecule has 1 aliphatic heterocycles. The number of hydrogen-bond acceptors (Lipinski definition) is 4. The fourth-order valence-corrected chi connectivity index (χ4v) is 4.82. The molecular weight excluding hydrogens is 408 g/mol. The molecule has 0 aromatic heterocycles. The molecule has 7 nitrogen and oxygen atoms in total. The van der Waals surface area contributed by atoms with Crippen molar-refractivity contribution in [3.05, 3.63) is 59.7 Å². The molecule has 1 aliphatic carbocycles. The number of alkyl carbamates (subject to hydrolysis) is 1. The summed E-state index contributed by atoms with van der Waals surface area (Å²) in [5.41, 5.74) is 4.14. The van der Waals surface area contributed by atoms with Gasteiger partial charge in [0.1, 0.15) is 6.61 Å². The molecule has 0 radical (unpaired) electrons. The number of likely N-dealkylation sites (tertiary alicyclic amines) is 1. The van der Waals surface area contributed by atoms with Crippen LogP contribution < -0.4 is 5.32 Å². The minimum Gasteiger partial charge on any atom is -0.481 e. The molecule has 7 heteroatoms. The van der Waals surface area contributed by atoms with Gasteiger partial charge in [0, 0.05) is 32.0 Å². The van der Waals surface area contributed by atoms with Gasteiger partial charge >= 0.3 is 12.1 Å². The number of aliphatic carboxylic acids is 1. The first-order valence-corrected chi connectivity index (χ1v) is 10.9. The SMILES string of the molecule is CC1(C)CN(C(=O)CCNC(=O)OCC2c3ccccc3-c3ccccc32)CC1C(=O)O. The van der Waals surface area contributed by atoms with Crippen molar-refractivity contribution < 1.29 is 24.2 Å². The van der Waals surface area contributed by atoms with Crippen molar-refractivity contribution in [2.45, 2.75) is 26.2 Å². The van der Waals surface area contributed by atoms with Crippen LogP contribution in [0.2, 0.25) is 0 Å². The van der Waals surface area contributed by atoms with Gasteiger partial charge in [-0.2, -0.15) is 0 Å². The zero-order chi connectivity index (χ0) is 22.9. The Bertz CT molecular complexity index is 1000.